The van der Waals surface area contributed by atoms with Gasteiger partial charge in [-0.15, -0.1) is 0 Å². The number of carbonyl (C=O) groups is 2. The van der Waals surface area contributed by atoms with Gasteiger partial charge in [-0.25, -0.2) is 4.79 Å². The van der Waals surface area contributed by atoms with Crippen LogP contribution in [0.15, 0.2) is 36.4 Å². The molecule has 0 fully saturated rings. The van der Waals surface area contributed by atoms with Gasteiger partial charge in [-0.1, -0.05) is 29.3 Å². The number of rotatable bonds is 6. The summed E-state index contributed by atoms with van der Waals surface area (Å²) in [5.41, 5.74) is 2.71. The van der Waals surface area contributed by atoms with Crippen molar-refractivity contribution in [1.29, 1.82) is 5.26 Å². The topological polar surface area (TPSA) is 88.4 Å². The smallest absolute Gasteiger partial charge is 0.344 e. The van der Waals surface area contributed by atoms with Gasteiger partial charge in [-0.05, 0) is 43.7 Å². The Morgan fingerprint density at radius 1 is 1.15 bits per heavy atom. The molecule has 26 heavy (non-hydrogen) atoms. The number of aryl methyl sites for hydroxylation is 2. The minimum Gasteiger partial charge on any atom is -0.482 e. The first-order chi connectivity index (χ1) is 12.4. The van der Waals surface area contributed by atoms with Crippen molar-refractivity contribution in [2.24, 2.45) is 0 Å². The number of hydrogen-bond acceptors (Lipinski definition) is 5. The van der Waals surface area contributed by atoms with Gasteiger partial charge in [-0.3, -0.25) is 4.79 Å². The number of esters is 1. The lowest BCUT2D eigenvalue weighted by Crippen LogP contribution is -2.23. The van der Waals surface area contributed by atoms with Crippen molar-refractivity contribution in [3.05, 3.63) is 58.1 Å². The molecule has 0 atom stereocenters. The van der Waals surface area contributed by atoms with Crippen LogP contribution in [0.3, 0.4) is 0 Å². The van der Waals surface area contributed by atoms with Gasteiger partial charge >= 0.3 is 5.97 Å². The molecule has 7 heteroatoms. The van der Waals surface area contributed by atoms with Crippen LogP contribution in [0, 0.1) is 25.2 Å². The lowest BCUT2D eigenvalue weighted by atomic mass is 10.1. The van der Waals surface area contributed by atoms with E-state index >= 15 is 0 Å². The highest BCUT2D eigenvalue weighted by molar-refractivity contribution is 6.32. The monoisotopic (exact) mass is 372 g/mol. The van der Waals surface area contributed by atoms with Crippen molar-refractivity contribution in [1.82, 2.24) is 0 Å². The quantitative estimate of drug-likeness (QED) is 0.785. The third-order valence-electron chi connectivity index (χ3n) is 3.41. The molecule has 0 heterocycles. The first-order valence-corrected chi connectivity index (χ1v) is 8.12. The third-order valence-corrected chi connectivity index (χ3v) is 3.73. The number of carbonyl (C=O) groups excluding carboxylic acids is 2. The minimum absolute atomic E-state index is 0.226. The van der Waals surface area contributed by atoms with Gasteiger partial charge in [0.1, 0.15) is 11.8 Å². The number of hydrogen-bond donors (Lipinski definition) is 1. The van der Waals surface area contributed by atoms with E-state index < -0.39 is 18.5 Å². The predicted octanol–water partition coefficient (Wildman–Crippen LogP) is 3.39. The first-order valence-electron chi connectivity index (χ1n) is 7.74. The van der Waals surface area contributed by atoms with E-state index in [0.717, 1.165) is 11.1 Å². The van der Waals surface area contributed by atoms with Crippen molar-refractivity contribution < 1.29 is 19.1 Å². The van der Waals surface area contributed by atoms with Crippen LogP contribution in [0.5, 0.6) is 5.75 Å². The summed E-state index contributed by atoms with van der Waals surface area (Å²) in [6.07, 6.45) is 0. The molecule has 0 bridgehead atoms. The Morgan fingerprint density at radius 2 is 1.92 bits per heavy atom. The number of benzene rings is 2. The van der Waals surface area contributed by atoms with Gasteiger partial charge < -0.3 is 14.8 Å². The Bertz CT molecular complexity index is 874. The van der Waals surface area contributed by atoms with Crippen LogP contribution in [-0.2, 0) is 14.3 Å². The van der Waals surface area contributed by atoms with E-state index in [9.17, 15) is 9.59 Å². The average molecular weight is 373 g/mol. The van der Waals surface area contributed by atoms with Gasteiger partial charge in [0.2, 0.25) is 0 Å². The van der Waals surface area contributed by atoms with Crippen LogP contribution in [0.2, 0.25) is 5.02 Å². The van der Waals surface area contributed by atoms with Crippen molar-refractivity contribution >= 4 is 29.2 Å². The van der Waals surface area contributed by atoms with Crippen molar-refractivity contribution in [3.63, 3.8) is 0 Å². The molecule has 0 unspecified atom stereocenters. The largest absolute Gasteiger partial charge is 0.482 e. The summed E-state index contributed by atoms with van der Waals surface area (Å²) in [6.45, 7) is 3.10. The van der Waals surface area contributed by atoms with Gasteiger partial charge in [-0.2, -0.15) is 5.26 Å². The summed E-state index contributed by atoms with van der Waals surface area (Å²) in [5, 5.41) is 11.6. The van der Waals surface area contributed by atoms with Crippen LogP contribution in [0.1, 0.15) is 16.7 Å². The Kier molecular flexibility index (Phi) is 6.59. The Morgan fingerprint density at radius 3 is 2.58 bits per heavy atom. The standard InChI is InChI=1S/C19H17ClN2O4/c1-12-3-6-17(13(2)7-12)25-11-19(24)26-10-18(23)22-15-5-4-14(9-21)16(20)8-15/h3-8H,10-11H2,1-2H3,(H,22,23). The molecule has 1 N–H and O–H groups in total. The molecule has 2 aromatic rings. The van der Waals surface area contributed by atoms with Crippen molar-refractivity contribution in [2.45, 2.75) is 13.8 Å². The SMILES string of the molecule is Cc1ccc(OCC(=O)OCC(=O)Nc2ccc(C#N)c(Cl)c2)c(C)c1. The second kappa shape index (κ2) is 8.88. The molecule has 0 saturated carbocycles. The number of ether oxygens (including phenoxy) is 2. The highest BCUT2D eigenvalue weighted by Crippen LogP contribution is 2.20. The van der Waals surface area contributed by atoms with Gasteiger partial charge in [0.15, 0.2) is 13.2 Å². The number of anilines is 1. The molecule has 0 aromatic heterocycles. The molecular weight excluding hydrogens is 356 g/mol. The lowest BCUT2D eigenvalue weighted by molar-refractivity contribution is -0.149. The summed E-state index contributed by atoms with van der Waals surface area (Å²) in [6, 6.07) is 12.0. The second-order valence-electron chi connectivity index (χ2n) is 5.57. The number of nitriles is 1. The number of nitrogens with zero attached hydrogens (tertiary/aromatic N) is 1. The van der Waals surface area contributed by atoms with Crippen LogP contribution >= 0.6 is 11.6 Å². The first kappa shape index (κ1) is 19.3. The number of amides is 1. The normalized spacial score (nSPS) is 9.92. The maximum Gasteiger partial charge on any atom is 0.344 e. The van der Waals surface area contributed by atoms with Crippen LogP contribution in [0.4, 0.5) is 5.69 Å². The van der Waals surface area contributed by atoms with Gasteiger partial charge in [0.25, 0.3) is 5.91 Å². The van der Waals surface area contributed by atoms with E-state index in [1.54, 1.807) is 6.07 Å². The molecule has 2 rings (SSSR count). The fourth-order valence-corrected chi connectivity index (χ4v) is 2.39. The zero-order chi connectivity index (χ0) is 19.1. The Labute approximate surface area is 156 Å². The summed E-state index contributed by atoms with van der Waals surface area (Å²) in [7, 11) is 0. The van der Waals surface area contributed by atoms with Crippen molar-refractivity contribution in [2.75, 3.05) is 18.5 Å². The molecule has 134 valence electrons. The molecule has 0 aliphatic rings. The molecule has 0 radical (unpaired) electrons. The van der Waals surface area contributed by atoms with Gasteiger partial charge in [0.05, 0.1) is 10.6 Å². The molecular formula is C19H17ClN2O4. The van der Waals surface area contributed by atoms with E-state index in [-0.39, 0.29) is 11.6 Å². The maximum absolute atomic E-state index is 11.8. The Balaban J connectivity index is 1.79. The van der Waals surface area contributed by atoms with Crippen molar-refractivity contribution in [3.8, 4) is 11.8 Å². The number of nitrogens with one attached hydrogen (secondary N) is 1. The summed E-state index contributed by atoms with van der Waals surface area (Å²) in [5.74, 6) is -0.590. The fraction of sp³-hybridized carbons (Fsp3) is 0.211. The summed E-state index contributed by atoms with van der Waals surface area (Å²) in [4.78, 5) is 23.5. The highest BCUT2D eigenvalue weighted by Gasteiger charge is 2.10. The highest BCUT2D eigenvalue weighted by atomic mass is 35.5. The van der Waals surface area contributed by atoms with E-state index in [2.05, 4.69) is 5.32 Å². The zero-order valence-electron chi connectivity index (χ0n) is 14.3. The predicted molar refractivity (Wildman–Crippen MR) is 97.2 cm³/mol. The molecule has 6 nitrogen and oxygen atoms in total. The van der Waals surface area contributed by atoms with E-state index in [1.807, 2.05) is 32.0 Å². The molecule has 1 amide bonds. The average Bonchev–Trinajstić information content (AvgIpc) is 2.59. The second-order valence-corrected chi connectivity index (χ2v) is 5.98. The van der Waals surface area contributed by atoms with E-state index in [1.165, 1.54) is 18.2 Å². The number of halogens is 1. The zero-order valence-corrected chi connectivity index (χ0v) is 15.1. The molecule has 2 aromatic carbocycles. The van der Waals surface area contributed by atoms with Gasteiger partial charge in [0, 0.05) is 5.69 Å². The summed E-state index contributed by atoms with van der Waals surface area (Å²) < 4.78 is 10.3. The van der Waals surface area contributed by atoms with Crippen LogP contribution in [0.25, 0.3) is 0 Å². The fourth-order valence-electron chi connectivity index (χ4n) is 2.17. The van der Waals surface area contributed by atoms with E-state index in [0.29, 0.717) is 17.0 Å². The minimum atomic E-state index is -0.655. The maximum atomic E-state index is 11.8. The van der Waals surface area contributed by atoms with E-state index in [4.69, 9.17) is 26.3 Å². The van der Waals surface area contributed by atoms with Crippen LogP contribution in [-0.4, -0.2) is 25.1 Å². The molecule has 0 aliphatic heterocycles. The molecule has 0 saturated heterocycles. The van der Waals surface area contributed by atoms with Crippen LogP contribution < -0.4 is 10.1 Å². The molecule has 0 aliphatic carbocycles. The Hall–Kier alpha value is -3.04. The summed E-state index contributed by atoms with van der Waals surface area (Å²) >= 11 is 5.89. The molecule has 0 spiro atoms. The third kappa shape index (κ3) is 5.50. The lowest BCUT2D eigenvalue weighted by Gasteiger charge is -2.10.